The van der Waals surface area contributed by atoms with E-state index >= 15 is 0 Å². The number of carbonyl (C=O) groups is 2. The van der Waals surface area contributed by atoms with Crippen LogP contribution in [0.3, 0.4) is 0 Å². The zero-order valence-electron chi connectivity index (χ0n) is 28.4. The minimum Gasteiger partial charge on any atom is -0.462 e. The maximum absolute atomic E-state index is 12.4. The van der Waals surface area contributed by atoms with Crippen molar-refractivity contribution < 1.29 is 28.2 Å². The quantitative estimate of drug-likeness (QED) is 0.0381. The Balaban J connectivity index is 3.94. The van der Waals surface area contributed by atoms with E-state index in [2.05, 4.69) is 13.8 Å². The van der Waals surface area contributed by atoms with E-state index in [9.17, 15) is 14.2 Å². The van der Waals surface area contributed by atoms with E-state index in [4.69, 9.17) is 36.5 Å². The summed E-state index contributed by atoms with van der Waals surface area (Å²) in [4.78, 5) is 24.6. The molecule has 0 amide bonds. The van der Waals surface area contributed by atoms with Gasteiger partial charge in [-0.3, -0.25) is 14.2 Å². The summed E-state index contributed by atoms with van der Waals surface area (Å²) in [5.41, 5.74) is 0. The molecular weight excluding hydrogens is 618 g/mol. The van der Waals surface area contributed by atoms with Crippen molar-refractivity contribution in [2.24, 2.45) is 0 Å². The maximum Gasteiger partial charge on any atom is 0.380 e. The van der Waals surface area contributed by atoms with Crippen LogP contribution in [-0.2, 0) is 28.2 Å². The molecule has 0 saturated carbocycles. The summed E-state index contributed by atoms with van der Waals surface area (Å²) in [7, 11) is 0. The van der Waals surface area contributed by atoms with Crippen molar-refractivity contribution in [1.82, 2.24) is 0 Å². The van der Waals surface area contributed by atoms with Gasteiger partial charge in [-0.25, -0.2) is 0 Å². The lowest BCUT2D eigenvalue weighted by Gasteiger charge is -2.18. The Morgan fingerprint density at radius 1 is 0.500 bits per heavy atom. The van der Waals surface area contributed by atoms with Crippen molar-refractivity contribution in [2.45, 2.75) is 200 Å². The molecule has 1 unspecified atom stereocenters. The molecule has 6 nitrogen and oxygen atoms in total. The van der Waals surface area contributed by atoms with Crippen LogP contribution in [0.15, 0.2) is 0 Å². The van der Waals surface area contributed by atoms with Crippen molar-refractivity contribution in [2.75, 3.05) is 13.2 Å². The highest BCUT2D eigenvalue weighted by Gasteiger charge is 2.22. The molecule has 0 rings (SSSR count). The summed E-state index contributed by atoms with van der Waals surface area (Å²) in [6.07, 6.45) is 28.0. The summed E-state index contributed by atoms with van der Waals surface area (Å²) in [5.74, 6) is -0.737. The summed E-state index contributed by atoms with van der Waals surface area (Å²) >= 11 is 11.0. The molecule has 0 fully saturated rings. The normalized spacial score (nSPS) is 12.4. The van der Waals surface area contributed by atoms with Crippen molar-refractivity contribution >= 4 is 40.5 Å². The van der Waals surface area contributed by atoms with Crippen molar-refractivity contribution in [3.8, 4) is 0 Å². The summed E-state index contributed by atoms with van der Waals surface area (Å²) in [6, 6.07) is 0. The molecule has 44 heavy (non-hydrogen) atoms. The molecule has 0 heterocycles. The zero-order chi connectivity index (χ0) is 32.6. The minimum atomic E-state index is -3.79. The average molecular weight is 686 g/mol. The Bertz CT molecular complexity index is 703. The van der Waals surface area contributed by atoms with Gasteiger partial charge in [0, 0.05) is 12.8 Å². The first-order valence-electron chi connectivity index (χ1n) is 18.3. The van der Waals surface area contributed by atoms with Crippen LogP contribution in [-0.4, -0.2) is 31.3 Å². The molecule has 0 aliphatic heterocycles. The highest BCUT2D eigenvalue weighted by Crippen LogP contribution is 2.57. The van der Waals surface area contributed by atoms with Gasteiger partial charge in [0.05, 0.1) is 6.61 Å². The third kappa shape index (κ3) is 34.6. The molecule has 0 bridgehead atoms. The van der Waals surface area contributed by atoms with Gasteiger partial charge >= 0.3 is 18.0 Å². The van der Waals surface area contributed by atoms with Gasteiger partial charge in [-0.05, 0) is 35.3 Å². The van der Waals surface area contributed by atoms with E-state index in [1.165, 1.54) is 128 Å². The predicted octanol–water partition coefficient (Wildman–Crippen LogP) is 13.0. The second-order valence-corrected chi connectivity index (χ2v) is 16.8. The fraction of sp³-hybridized carbons (Fsp3) is 0.943. The SMILES string of the molecule is CCCCCCCCCCCCCCCC(=O)OCC(COP(=O)(Cl)Cl)OC(=O)CCCCCCCCCCCCCCC. The van der Waals surface area contributed by atoms with E-state index in [1.807, 2.05) is 0 Å². The van der Waals surface area contributed by atoms with Crippen LogP contribution < -0.4 is 0 Å². The molecule has 0 aromatic rings. The number of rotatable bonds is 34. The maximum atomic E-state index is 12.4. The topological polar surface area (TPSA) is 78.9 Å². The van der Waals surface area contributed by atoms with E-state index < -0.39 is 18.1 Å². The molecule has 0 aromatic carbocycles. The molecule has 0 radical (unpaired) electrons. The van der Waals surface area contributed by atoms with Crippen LogP contribution in [0.25, 0.3) is 0 Å². The minimum absolute atomic E-state index is 0.171. The van der Waals surface area contributed by atoms with Crippen LogP contribution in [0.1, 0.15) is 194 Å². The van der Waals surface area contributed by atoms with E-state index in [1.54, 1.807) is 0 Å². The molecule has 0 aliphatic carbocycles. The number of halogens is 2. The highest BCUT2D eigenvalue weighted by molar-refractivity contribution is 8.05. The molecule has 1 atom stereocenters. The van der Waals surface area contributed by atoms with E-state index in [0.29, 0.717) is 6.42 Å². The monoisotopic (exact) mass is 684 g/mol. The van der Waals surface area contributed by atoms with Gasteiger partial charge in [-0.15, -0.1) is 0 Å². The van der Waals surface area contributed by atoms with Crippen molar-refractivity contribution in [1.29, 1.82) is 0 Å². The molecule has 0 N–H and O–H groups in total. The van der Waals surface area contributed by atoms with Gasteiger partial charge < -0.3 is 14.0 Å². The lowest BCUT2D eigenvalue weighted by atomic mass is 10.0. The fourth-order valence-electron chi connectivity index (χ4n) is 5.36. The number of carbonyl (C=O) groups excluding carboxylic acids is 2. The predicted molar refractivity (Wildman–Crippen MR) is 187 cm³/mol. The Kier molecular flexibility index (Phi) is 32.4. The first-order valence-corrected chi connectivity index (χ1v) is 21.7. The van der Waals surface area contributed by atoms with Crippen molar-refractivity contribution in [3.05, 3.63) is 0 Å². The Morgan fingerprint density at radius 3 is 1.16 bits per heavy atom. The first kappa shape index (κ1) is 43.7. The molecular formula is C35H67Cl2O6P. The summed E-state index contributed by atoms with van der Waals surface area (Å²) < 4.78 is 27.3. The van der Waals surface area contributed by atoms with Gasteiger partial charge in [-0.1, -0.05) is 168 Å². The molecule has 0 aromatic heterocycles. The number of esters is 2. The third-order valence-corrected chi connectivity index (χ3v) is 9.14. The van der Waals surface area contributed by atoms with Crippen LogP contribution in [0, 0.1) is 0 Å². The second-order valence-electron chi connectivity index (χ2n) is 12.5. The molecule has 0 aliphatic rings. The van der Waals surface area contributed by atoms with Crippen LogP contribution in [0.2, 0.25) is 0 Å². The van der Waals surface area contributed by atoms with Gasteiger partial charge in [-0.2, -0.15) is 0 Å². The number of ether oxygens (including phenoxy) is 2. The second kappa shape index (κ2) is 32.6. The van der Waals surface area contributed by atoms with Gasteiger partial charge in [0.1, 0.15) is 6.61 Å². The molecule has 0 saturated heterocycles. The van der Waals surface area contributed by atoms with Crippen LogP contribution in [0.5, 0.6) is 0 Å². The van der Waals surface area contributed by atoms with E-state index in [0.717, 1.165) is 38.5 Å². The Morgan fingerprint density at radius 2 is 0.818 bits per heavy atom. The lowest BCUT2D eigenvalue weighted by molar-refractivity contribution is -0.161. The molecule has 0 spiro atoms. The standard InChI is InChI=1S/C35H67Cl2O6P/c1-3-5-7-9-11-13-15-17-19-21-23-25-27-29-34(38)41-31-33(32-42-44(36,37)40)43-35(39)30-28-26-24-22-20-18-16-14-12-10-8-6-4-2/h33H,3-32H2,1-2H3. The fourth-order valence-corrected chi connectivity index (χ4v) is 6.04. The van der Waals surface area contributed by atoms with Crippen molar-refractivity contribution in [3.63, 3.8) is 0 Å². The van der Waals surface area contributed by atoms with Crippen LogP contribution in [0.4, 0.5) is 0 Å². The molecule has 9 heteroatoms. The van der Waals surface area contributed by atoms with E-state index in [-0.39, 0.29) is 25.6 Å². The lowest BCUT2D eigenvalue weighted by Crippen LogP contribution is -2.29. The van der Waals surface area contributed by atoms with Gasteiger partial charge in [0.2, 0.25) is 0 Å². The Labute approximate surface area is 280 Å². The highest BCUT2D eigenvalue weighted by atomic mass is 35.9. The number of hydrogen-bond acceptors (Lipinski definition) is 6. The van der Waals surface area contributed by atoms with Gasteiger partial charge in [0.15, 0.2) is 6.10 Å². The third-order valence-electron chi connectivity index (χ3n) is 8.11. The number of unbranched alkanes of at least 4 members (excludes halogenated alkanes) is 24. The average Bonchev–Trinajstić information content (AvgIpc) is 2.98. The largest absolute Gasteiger partial charge is 0.462 e. The zero-order valence-corrected chi connectivity index (χ0v) is 30.8. The van der Waals surface area contributed by atoms with Gasteiger partial charge in [0.25, 0.3) is 0 Å². The summed E-state index contributed by atoms with van der Waals surface area (Å²) in [5, 5.41) is 0. The summed E-state index contributed by atoms with van der Waals surface area (Å²) in [6.45, 7) is 4.04. The van der Waals surface area contributed by atoms with Crippen LogP contribution >= 0.6 is 28.6 Å². The molecule has 262 valence electrons. The Hall–Kier alpha value is -0.290. The first-order chi connectivity index (χ1) is 21.3. The smallest absolute Gasteiger partial charge is 0.380 e. The number of hydrogen-bond donors (Lipinski definition) is 0.